The lowest BCUT2D eigenvalue weighted by Gasteiger charge is -2.09. The molecule has 0 aliphatic carbocycles. The molecule has 2 nitrogen and oxygen atoms in total. The molecule has 0 saturated carbocycles. The molecule has 0 N–H and O–H groups in total. The molecule has 0 aliphatic heterocycles. The van der Waals surface area contributed by atoms with Crippen LogP contribution in [-0.4, -0.2) is 12.4 Å². The Bertz CT molecular complexity index is 375. The van der Waals surface area contributed by atoms with Crippen molar-refractivity contribution in [2.24, 2.45) is 0 Å². The highest BCUT2D eigenvalue weighted by Gasteiger charge is 2.07. The number of hydrogen-bond donors (Lipinski definition) is 0. The van der Waals surface area contributed by atoms with Crippen molar-refractivity contribution in [3.8, 4) is 5.75 Å². The summed E-state index contributed by atoms with van der Waals surface area (Å²) in [5, 5.41) is 0. The molecule has 0 unspecified atom stereocenters. The van der Waals surface area contributed by atoms with E-state index in [1.54, 1.807) is 6.07 Å². The lowest BCUT2D eigenvalue weighted by atomic mass is 10.0. The molecule has 16 heavy (non-hydrogen) atoms. The zero-order valence-electron chi connectivity index (χ0n) is 9.30. The molecule has 0 radical (unpaired) electrons. The summed E-state index contributed by atoms with van der Waals surface area (Å²) in [6.45, 7) is 0.544. The first-order valence-electron chi connectivity index (χ1n) is 5.08. The van der Waals surface area contributed by atoms with Crippen molar-refractivity contribution >= 4 is 5.78 Å². The van der Waals surface area contributed by atoms with Crippen molar-refractivity contribution in [3.63, 3.8) is 0 Å². The molecule has 0 spiro atoms. The third-order valence-electron chi connectivity index (χ3n) is 2.11. The molecule has 0 heterocycles. The van der Waals surface area contributed by atoms with E-state index in [-0.39, 0.29) is 18.0 Å². The van der Waals surface area contributed by atoms with Gasteiger partial charge in [-0.1, -0.05) is 13.0 Å². The number of Topliss-reactive ketones (excluding diaryl/α,β-unsaturated/α-hetero) is 1. The Hall–Kier alpha value is -1.45. The second-order valence-corrected chi connectivity index (χ2v) is 3.60. The van der Waals surface area contributed by atoms with Crippen LogP contribution in [0.5, 0.6) is 5.75 Å². The van der Waals surface area contributed by atoms with Crippen molar-refractivity contribution in [2.45, 2.75) is 33.3 Å². The summed E-state index contributed by atoms with van der Waals surface area (Å²) in [5.41, 5.74) is 1.59. The van der Waals surface area contributed by atoms with Crippen LogP contribution in [-0.2, 0) is 17.6 Å². The van der Waals surface area contributed by atoms with Crippen LogP contribution in [0, 0.1) is 0 Å². The van der Waals surface area contributed by atoms with Gasteiger partial charge in [-0.15, -0.1) is 0 Å². The van der Waals surface area contributed by atoms with Crippen LogP contribution in [0.3, 0.4) is 0 Å². The second-order valence-electron chi connectivity index (χ2n) is 3.60. The highest BCUT2D eigenvalue weighted by molar-refractivity contribution is 5.78. The molecule has 88 valence electrons. The van der Waals surface area contributed by atoms with Gasteiger partial charge in [0, 0.05) is 6.42 Å². The minimum absolute atomic E-state index is 0.00347. The van der Waals surface area contributed by atoms with E-state index >= 15 is 0 Å². The molecule has 0 fully saturated rings. The number of rotatable bonds is 5. The van der Waals surface area contributed by atoms with E-state index in [9.17, 15) is 13.6 Å². The zero-order valence-corrected chi connectivity index (χ0v) is 9.30. The minimum atomic E-state index is -2.84. The van der Waals surface area contributed by atoms with Gasteiger partial charge in [-0.3, -0.25) is 4.79 Å². The Morgan fingerprint density at radius 2 is 1.94 bits per heavy atom. The Labute approximate surface area is 93.2 Å². The predicted molar refractivity (Wildman–Crippen MR) is 56.8 cm³/mol. The van der Waals surface area contributed by atoms with E-state index in [0.717, 1.165) is 5.56 Å². The van der Waals surface area contributed by atoms with Gasteiger partial charge in [0.25, 0.3) is 0 Å². The van der Waals surface area contributed by atoms with Gasteiger partial charge in [0.15, 0.2) is 0 Å². The maximum absolute atomic E-state index is 12.1. The Balaban J connectivity index is 2.95. The number of ketones is 1. The van der Waals surface area contributed by atoms with Crippen LogP contribution in [0.2, 0.25) is 0 Å². The fourth-order valence-electron chi connectivity index (χ4n) is 1.49. The van der Waals surface area contributed by atoms with Gasteiger partial charge in [-0.25, -0.2) is 0 Å². The van der Waals surface area contributed by atoms with Crippen LogP contribution in [0.15, 0.2) is 18.2 Å². The monoisotopic (exact) mass is 228 g/mol. The summed E-state index contributed by atoms with van der Waals surface area (Å²) in [6, 6.07) is 4.88. The average molecular weight is 228 g/mol. The molecule has 1 aromatic carbocycles. The average Bonchev–Trinajstić information content (AvgIpc) is 2.14. The topological polar surface area (TPSA) is 26.3 Å². The fraction of sp³-hybridized carbons (Fsp3) is 0.417. The van der Waals surface area contributed by atoms with Gasteiger partial charge in [0.05, 0.1) is 0 Å². The SMILES string of the molecule is CCc1cc(CC(C)=O)cc(OC(F)F)c1. The summed E-state index contributed by atoms with van der Waals surface area (Å²) in [4.78, 5) is 11.0. The van der Waals surface area contributed by atoms with Gasteiger partial charge in [0.1, 0.15) is 11.5 Å². The number of hydrogen-bond acceptors (Lipinski definition) is 2. The summed E-state index contributed by atoms with van der Waals surface area (Å²) in [7, 11) is 0. The fourth-order valence-corrected chi connectivity index (χ4v) is 1.49. The number of carbonyl (C=O) groups is 1. The molecule has 0 atom stereocenters. The molecule has 0 aromatic heterocycles. The van der Waals surface area contributed by atoms with Crippen molar-refractivity contribution in [1.29, 1.82) is 0 Å². The normalized spacial score (nSPS) is 10.6. The summed E-state index contributed by atoms with van der Waals surface area (Å²) < 4.78 is 28.5. The standard InChI is InChI=1S/C12H14F2O2/c1-3-9-5-10(4-8(2)15)7-11(6-9)16-12(13)14/h5-7,12H,3-4H2,1-2H3. The Morgan fingerprint density at radius 1 is 1.31 bits per heavy atom. The second kappa shape index (κ2) is 5.58. The molecule has 4 heteroatoms. The van der Waals surface area contributed by atoms with Crippen molar-refractivity contribution < 1.29 is 18.3 Å². The van der Waals surface area contributed by atoms with E-state index in [2.05, 4.69) is 4.74 Å². The zero-order chi connectivity index (χ0) is 12.1. The van der Waals surface area contributed by atoms with Crippen LogP contribution in [0.25, 0.3) is 0 Å². The Kier molecular flexibility index (Phi) is 4.40. The highest BCUT2D eigenvalue weighted by Crippen LogP contribution is 2.20. The number of halogens is 2. The molecular formula is C12H14F2O2. The molecular weight excluding hydrogens is 214 g/mol. The molecule has 0 aliphatic rings. The van der Waals surface area contributed by atoms with Gasteiger partial charge in [-0.2, -0.15) is 8.78 Å². The van der Waals surface area contributed by atoms with Gasteiger partial charge < -0.3 is 4.74 Å². The van der Waals surface area contributed by atoms with Crippen LogP contribution < -0.4 is 4.74 Å². The molecule has 0 bridgehead atoms. The smallest absolute Gasteiger partial charge is 0.387 e. The molecule has 0 saturated heterocycles. The summed E-state index contributed by atoms with van der Waals surface area (Å²) >= 11 is 0. The number of alkyl halides is 2. The molecule has 0 amide bonds. The summed E-state index contributed by atoms with van der Waals surface area (Å²) in [5.74, 6) is 0.113. The van der Waals surface area contributed by atoms with E-state index in [4.69, 9.17) is 0 Å². The van der Waals surface area contributed by atoms with E-state index < -0.39 is 6.61 Å². The lowest BCUT2D eigenvalue weighted by molar-refractivity contribution is -0.116. The maximum atomic E-state index is 12.1. The first kappa shape index (κ1) is 12.6. The minimum Gasteiger partial charge on any atom is -0.435 e. The number of aryl methyl sites for hydroxylation is 1. The highest BCUT2D eigenvalue weighted by atomic mass is 19.3. The van der Waals surface area contributed by atoms with E-state index in [1.807, 2.05) is 13.0 Å². The van der Waals surface area contributed by atoms with E-state index in [0.29, 0.717) is 12.0 Å². The number of ether oxygens (including phenoxy) is 1. The number of carbonyl (C=O) groups excluding carboxylic acids is 1. The third-order valence-corrected chi connectivity index (χ3v) is 2.11. The van der Waals surface area contributed by atoms with Crippen molar-refractivity contribution in [2.75, 3.05) is 0 Å². The van der Waals surface area contributed by atoms with Crippen LogP contribution >= 0.6 is 0 Å². The predicted octanol–water partition coefficient (Wildman–Crippen LogP) is 2.98. The molecule has 1 aromatic rings. The van der Waals surface area contributed by atoms with Crippen LogP contribution in [0.1, 0.15) is 25.0 Å². The first-order valence-corrected chi connectivity index (χ1v) is 5.08. The number of benzene rings is 1. The lowest BCUT2D eigenvalue weighted by Crippen LogP contribution is -2.04. The van der Waals surface area contributed by atoms with Crippen molar-refractivity contribution in [1.82, 2.24) is 0 Å². The van der Waals surface area contributed by atoms with Crippen LogP contribution in [0.4, 0.5) is 8.78 Å². The van der Waals surface area contributed by atoms with E-state index in [1.165, 1.54) is 13.0 Å². The largest absolute Gasteiger partial charge is 0.435 e. The maximum Gasteiger partial charge on any atom is 0.387 e. The Morgan fingerprint density at radius 3 is 2.44 bits per heavy atom. The molecule has 1 rings (SSSR count). The van der Waals surface area contributed by atoms with Crippen molar-refractivity contribution in [3.05, 3.63) is 29.3 Å². The van der Waals surface area contributed by atoms with Gasteiger partial charge in [-0.05, 0) is 36.6 Å². The van der Waals surface area contributed by atoms with Gasteiger partial charge >= 0.3 is 6.61 Å². The van der Waals surface area contributed by atoms with Gasteiger partial charge in [0.2, 0.25) is 0 Å². The third kappa shape index (κ3) is 3.96. The summed E-state index contributed by atoms with van der Waals surface area (Å²) in [6.07, 6.45) is 0.957. The quantitative estimate of drug-likeness (QED) is 0.774. The first-order chi connectivity index (χ1) is 7.51.